The molecule has 0 bridgehead atoms. The van der Waals surface area contributed by atoms with Crippen LogP contribution in [0.5, 0.6) is 0 Å². The lowest BCUT2D eigenvalue weighted by atomic mass is 10.2. The van der Waals surface area contributed by atoms with Crippen LogP contribution in [0.4, 0.5) is 0 Å². The molecule has 0 saturated carbocycles. The molecule has 1 fully saturated rings. The fourth-order valence-electron chi connectivity index (χ4n) is 1.68. The highest BCUT2D eigenvalue weighted by Gasteiger charge is 2.27. The van der Waals surface area contributed by atoms with E-state index >= 15 is 0 Å². The Morgan fingerprint density at radius 2 is 1.67 bits per heavy atom. The molecule has 0 unspecified atom stereocenters. The summed E-state index contributed by atoms with van der Waals surface area (Å²) in [5, 5.41) is 0. The second-order valence-electron chi connectivity index (χ2n) is 3.72. The Hall–Kier alpha value is -0.940. The van der Waals surface area contributed by atoms with E-state index in [4.69, 9.17) is 5.90 Å². The smallest absolute Gasteiger partial charge is 0.229 e. The molecule has 0 aliphatic carbocycles. The van der Waals surface area contributed by atoms with Crippen molar-refractivity contribution in [2.75, 3.05) is 13.2 Å². The van der Waals surface area contributed by atoms with Crippen LogP contribution in [0.25, 0.3) is 0 Å². The number of hydrogen-bond acceptors (Lipinski definition) is 4. The van der Waals surface area contributed by atoms with Crippen molar-refractivity contribution in [3.63, 3.8) is 0 Å². The summed E-state index contributed by atoms with van der Waals surface area (Å²) in [6, 6.07) is 0. The Morgan fingerprint density at radius 3 is 2.27 bits per heavy atom. The predicted octanol–water partition coefficient (Wildman–Crippen LogP) is 0.586. The van der Waals surface area contributed by atoms with E-state index in [-0.39, 0.29) is 11.8 Å². The molecule has 1 rings (SSSR count). The molecule has 1 saturated heterocycles. The van der Waals surface area contributed by atoms with Crippen LogP contribution in [-0.4, -0.2) is 29.9 Å². The molecular weight excluding hydrogens is 196 g/mol. The first-order valence-corrected chi connectivity index (χ1v) is 5.40. The minimum Gasteiger partial charge on any atom is -0.305 e. The number of nitrogens with zero attached hydrogens (tertiary/aromatic N) is 1. The maximum atomic E-state index is 11.2. The molecule has 0 spiro atoms. The number of amides is 2. The molecule has 2 amide bonds. The van der Waals surface area contributed by atoms with Crippen LogP contribution in [-0.2, 0) is 14.4 Å². The lowest BCUT2D eigenvalue weighted by molar-refractivity contribution is -0.138. The van der Waals surface area contributed by atoms with E-state index in [1.165, 1.54) is 4.90 Å². The molecule has 0 aromatic heterocycles. The second kappa shape index (κ2) is 6.53. The molecule has 2 N–H and O–H groups in total. The summed E-state index contributed by atoms with van der Waals surface area (Å²) in [5.74, 6) is 4.84. The number of hydrogen-bond donors (Lipinski definition) is 1. The normalized spacial score (nSPS) is 16.5. The van der Waals surface area contributed by atoms with Gasteiger partial charge >= 0.3 is 0 Å². The standard InChI is InChI=1S/C10H18N2O3/c11-15-8-4-2-1-3-7-12-9(13)5-6-10(12)14/h1-8,11H2. The van der Waals surface area contributed by atoms with E-state index in [0.717, 1.165) is 25.7 Å². The number of carbonyl (C=O) groups excluding carboxylic acids is 2. The van der Waals surface area contributed by atoms with Crippen LogP contribution in [0, 0.1) is 0 Å². The van der Waals surface area contributed by atoms with Crippen molar-refractivity contribution >= 4 is 11.8 Å². The van der Waals surface area contributed by atoms with E-state index in [2.05, 4.69) is 4.84 Å². The van der Waals surface area contributed by atoms with Gasteiger partial charge in [0.1, 0.15) is 0 Å². The third-order valence-corrected chi connectivity index (χ3v) is 2.55. The van der Waals surface area contributed by atoms with Crippen LogP contribution in [0.1, 0.15) is 38.5 Å². The van der Waals surface area contributed by atoms with Gasteiger partial charge in [0, 0.05) is 19.4 Å². The van der Waals surface area contributed by atoms with Crippen molar-refractivity contribution < 1.29 is 14.4 Å². The van der Waals surface area contributed by atoms with Crippen molar-refractivity contribution in [1.82, 2.24) is 4.90 Å². The molecule has 0 radical (unpaired) electrons. The number of imide groups is 1. The maximum Gasteiger partial charge on any atom is 0.229 e. The van der Waals surface area contributed by atoms with Crippen LogP contribution in [0.3, 0.4) is 0 Å². The second-order valence-corrected chi connectivity index (χ2v) is 3.72. The minimum atomic E-state index is -0.0229. The van der Waals surface area contributed by atoms with E-state index in [0.29, 0.717) is 26.0 Å². The largest absolute Gasteiger partial charge is 0.305 e. The third-order valence-electron chi connectivity index (χ3n) is 2.55. The topological polar surface area (TPSA) is 72.6 Å². The van der Waals surface area contributed by atoms with Gasteiger partial charge in [0.15, 0.2) is 0 Å². The molecule has 5 heteroatoms. The molecule has 0 aromatic carbocycles. The van der Waals surface area contributed by atoms with Crippen LogP contribution in [0.2, 0.25) is 0 Å². The number of unbranched alkanes of at least 4 members (excludes halogenated alkanes) is 3. The van der Waals surface area contributed by atoms with Crippen molar-refractivity contribution in [2.24, 2.45) is 5.90 Å². The van der Waals surface area contributed by atoms with Gasteiger partial charge < -0.3 is 4.84 Å². The minimum absolute atomic E-state index is 0.0229. The molecule has 1 aliphatic heterocycles. The highest BCUT2D eigenvalue weighted by atomic mass is 16.6. The Morgan fingerprint density at radius 1 is 1.07 bits per heavy atom. The van der Waals surface area contributed by atoms with E-state index in [9.17, 15) is 9.59 Å². The summed E-state index contributed by atoms with van der Waals surface area (Å²) in [6.45, 7) is 1.14. The Balaban J connectivity index is 2.04. The first kappa shape index (κ1) is 12.1. The molecule has 5 nitrogen and oxygen atoms in total. The van der Waals surface area contributed by atoms with Gasteiger partial charge in [0.2, 0.25) is 11.8 Å². The van der Waals surface area contributed by atoms with Gasteiger partial charge in [-0.3, -0.25) is 14.5 Å². The Kier molecular flexibility index (Phi) is 5.28. The number of rotatable bonds is 7. The summed E-state index contributed by atoms with van der Waals surface area (Å²) in [7, 11) is 0. The zero-order valence-corrected chi connectivity index (χ0v) is 8.91. The predicted molar refractivity (Wildman–Crippen MR) is 54.6 cm³/mol. The van der Waals surface area contributed by atoms with Crippen LogP contribution >= 0.6 is 0 Å². The lowest BCUT2D eigenvalue weighted by Gasteiger charge is -2.12. The summed E-state index contributed by atoms with van der Waals surface area (Å²) in [5.41, 5.74) is 0. The SMILES string of the molecule is NOCCCCCCN1C(=O)CCC1=O. The summed E-state index contributed by atoms with van der Waals surface area (Å²) in [4.78, 5) is 28.3. The zero-order valence-electron chi connectivity index (χ0n) is 8.91. The summed E-state index contributed by atoms with van der Waals surface area (Å²) >= 11 is 0. The van der Waals surface area contributed by atoms with Gasteiger partial charge in [-0.15, -0.1) is 0 Å². The average Bonchev–Trinajstić information content (AvgIpc) is 2.54. The number of likely N-dealkylation sites (tertiary alicyclic amines) is 1. The molecule has 0 atom stereocenters. The third kappa shape index (κ3) is 3.97. The van der Waals surface area contributed by atoms with Gasteiger partial charge in [-0.1, -0.05) is 12.8 Å². The van der Waals surface area contributed by atoms with Gasteiger partial charge in [0.05, 0.1) is 6.61 Å². The first-order valence-electron chi connectivity index (χ1n) is 5.40. The Labute approximate surface area is 89.5 Å². The van der Waals surface area contributed by atoms with Crippen LogP contribution < -0.4 is 5.90 Å². The fourth-order valence-corrected chi connectivity index (χ4v) is 1.68. The van der Waals surface area contributed by atoms with E-state index < -0.39 is 0 Å². The molecule has 1 aliphatic rings. The maximum absolute atomic E-state index is 11.2. The average molecular weight is 214 g/mol. The van der Waals surface area contributed by atoms with Gasteiger partial charge in [-0.2, -0.15) is 0 Å². The van der Waals surface area contributed by atoms with Gasteiger partial charge in [-0.05, 0) is 12.8 Å². The van der Waals surface area contributed by atoms with Crippen LogP contribution in [0.15, 0.2) is 0 Å². The van der Waals surface area contributed by atoms with Gasteiger partial charge in [0.25, 0.3) is 0 Å². The fraction of sp³-hybridized carbons (Fsp3) is 0.800. The highest BCUT2D eigenvalue weighted by molar-refractivity contribution is 6.01. The van der Waals surface area contributed by atoms with Crippen molar-refractivity contribution in [3.05, 3.63) is 0 Å². The Bertz CT molecular complexity index is 215. The van der Waals surface area contributed by atoms with Crippen molar-refractivity contribution in [3.8, 4) is 0 Å². The van der Waals surface area contributed by atoms with Gasteiger partial charge in [-0.25, -0.2) is 5.90 Å². The monoisotopic (exact) mass is 214 g/mol. The lowest BCUT2D eigenvalue weighted by Crippen LogP contribution is -2.29. The molecule has 15 heavy (non-hydrogen) atoms. The molecular formula is C10H18N2O3. The molecule has 86 valence electrons. The van der Waals surface area contributed by atoms with Crippen molar-refractivity contribution in [1.29, 1.82) is 0 Å². The summed E-state index contributed by atoms with van der Waals surface area (Å²) < 4.78 is 0. The zero-order chi connectivity index (χ0) is 11.1. The summed E-state index contributed by atoms with van der Waals surface area (Å²) in [6.07, 6.45) is 4.61. The quantitative estimate of drug-likeness (QED) is 0.382. The van der Waals surface area contributed by atoms with E-state index in [1.807, 2.05) is 0 Å². The highest BCUT2D eigenvalue weighted by Crippen LogP contribution is 2.13. The van der Waals surface area contributed by atoms with E-state index in [1.54, 1.807) is 0 Å². The molecule has 0 aromatic rings. The van der Waals surface area contributed by atoms with Crippen molar-refractivity contribution in [2.45, 2.75) is 38.5 Å². The number of carbonyl (C=O) groups is 2. The molecule has 1 heterocycles. The first-order chi connectivity index (χ1) is 7.25. The number of nitrogens with two attached hydrogens (primary N) is 1.